The van der Waals surface area contributed by atoms with Crippen LogP contribution in [-0.4, -0.2) is 44.6 Å². The van der Waals surface area contributed by atoms with Crippen LogP contribution in [-0.2, 0) is 24.3 Å². The van der Waals surface area contributed by atoms with Crippen LogP contribution in [0.15, 0.2) is 47.4 Å². The zero-order valence-electron chi connectivity index (χ0n) is 14.7. The number of hydrogen-bond acceptors (Lipinski definition) is 7. The first-order valence-corrected chi connectivity index (χ1v) is 11.1. The summed E-state index contributed by atoms with van der Waals surface area (Å²) in [5.41, 5.74) is 0. The lowest BCUT2D eigenvalue weighted by molar-refractivity contribution is -0.161. The van der Waals surface area contributed by atoms with Gasteiger partial charge in [-0.15, -0.1) is 11.8 Å². The van der Waals surface area contributed by atoms with Crippen LogP contribution < -0.4 is 10.0 Å². The van der Waals surface area contributed by atoms with Gasteiger partial charge in [0.2, 0.25) is 10.0 Å². The Kier molecular flexibility index (Phi) is 5.85. The number of thioether (sulfide) groups is 1. The normalized spacial score (nSPS) is 19.9. The number of sulfonamides is 1. The standard InChI is InChI=1S/C18H20N2O5S2/c1-26-18(9-4-10-19-18)17(22)25-16(21)12-20-27(23,24)15-8-7-13-5-2-3-6-14(13)11-15/h2-3,5-8,11,19-20H,4,9-10,12H2,1H3/t18-/m1/s1. The van der Waals surface area contributed by atoms with E-state index in [9.17, 15) is 18.0 Å². The van der Waals surface area contributed by atoms with Gasteiger partial charge in [-0.2, -0.15) is 4.72 Å². The van der Waals surface area contributed by atoms with Gasteiger partial charge in [0.25, 0.3) is 0 Å². The molecule has 9 heteroatoms. The Balaban J connectivity index is 1.64. The summed E-state index contributed by atoms with van der Waals surface area (Å²) in [5.74, 6) is -1.63. The molecule has 1 heterocycles. The Morgan fingerprint density at radius 1 is 1.22 bits per heavy atom. The van der Waals surface area contributed by atoms with E-state index in [1.807, 2.05) is 18.2 Å². The first-order chi connectivity index (χ1) is 12.9. The maximum atomic E-state index is 12.4. The summed E-state index contributed by atoms with van der Waals surface area (Å²) in [6.45, 7) is 0.0457. The highest BCUT2D eigenvalue weighted by atomic mass is 32.2. The van der Waals surface area contributed by atoms with E-state index in [1.165, 1.54) is 23.9 Å². The number of carbonyl (C=O) groups excluding carboxylic acids is 2. The number of esters is 2. The molecule has 2 aromatic carbocycles. The van der Waals surface area contributed by atoms with E-state index in [4.69, 9.17) is 4.74 Å². The summed E-state index contributed by atoms with van der Waals surface area (Å²) in [6.07, 6.45) is 3.12. The maximum Gasteiger partial charge on any atom is 0.344 e. The lowest BCUT2D eigenvalue weighted by Gasteiger charge is -2.23. The summed E-state index contributed by atoms with van der Waals surface area (Å²) in [6, 6.07) is 12.0. The first-order valence-electron chi connectivity index (χ1n) is 8.40. The highest BCUT2D eigenvalue weighted by Crippen LogP contribution is 2.31. The quantitative estimate of drug-likeness (QED) is 0.553. The number of benzene rings is 2. The number of nitrogens with one attached hydrogen (secondary N) is 2. The largest absolute Gasteiger partial charge is 0.390 e. The van der Waals surface area contributed by atoms with Gasteiger partial charge < -0.3 is 4.74 Å². The second-order valence-corrected chi connectivity index (χ2v) is 9.03. The second-order valence-electron chi connectivity index (χ2n) is 6.16. The molecular formula is C18H20N2O5S2. The minimum absolute atomic E-state index is 0.0402. The van der Waals surface area contributed by atoms with Crippen LogP contribution >= 0.6 is 11.8 Å². The van der Waals surface area contributed by atoms with Crippen molar-refractivity contribution in [3.8, 4) is 0 Å². The molecule has 0 unspecified atom stereocenters. The van der Waals surface area contributed by atoms with Gasteiger partial charge in [-0.1, -0.05) is 30.3 Å². The molecule has 1 fully saturated rings. The van der Waals surface area contributed by atoms with Crippen LogP contribution in [0.3, 0.4) is 0 Å². The number of hydrogen-bond donors (Lipinski definition) is 2. The molecule has 0 amide bonds. The minimum Gasteiger partial charge on any atom is -0.390 e. The van der Waals surface area contributed by atoms with E-state index in [0.717, 1.165) is 17.2 Å². The van der Waals surface area contributed by atoms with E-state index < -0.39 is 33.4 Å². The first kappa shape index (κ1) is 19.8. The van der Waals surface area contributed by atoms with Crippen molar-refractivity contribution in [3.05, 3.63) is 42.5 Å². The van der Waals surface area contributed by atoms with Gasteiger partial charge in [0.15, 0.2) is 4.87 Å². The molecule has 1 aliphatic heterocycles. The van der Waals surface area contributed by atoms with Crippen molar-refractivity contribution in [2.45, 2.75) is 22.6 Å². The molecule has 27 heavy (non-hydrogen) atoms. The lowest BCUT2D eigenvalue weighted by atomic mass is 10.1. The fraction of sp³-hybridized carbons (Fsp3) is 0.333. The minimum atomic E-state index is -3.91. The Morgan fingerprint density at radius 2 is 1.96 bits per heavy atom. The fourth-order valence-corrected chi connectivity index (χ4v) is 4.75. The zero-order valence-corrected chi connectivity index (χ0v) is 16.4. The van der Waals surface area contributed by atoms with Crippen LogP contribution in [0.1, 0.15) is 12.8 Å². The molecule has 2 aromatic rings. The molecule has 1 aliphatic rings. The molecule has 0 aromatic heterocycles. The number of carbonyl (C=O) groups is 2. The molecule has 0 aliphatic carbocycles. The van der Waals surface area contributed by atoms with E-state index in [0.29, 0.717) is 13.0 Å². The summed E-state index contributed by atoms with van der Waals surface area (Å²) in [5, 5.41) is 4.72. The molecule has 0 radical (unpaired) electrons. The van der Waals surface area contributed by atoms with Crippen LogP contribution in [0.2, 0.25) is 0 Å². The molecule has 7 nitrogen and oxygen atoms in total. The Hall–Kier alpha value is -1.94. The number of rotatable bonds is 6. The molecule has 1 atom stereocenters. The molecule has 0 saturated carbocycles. The monoisotopic (exact) mass is 408 g/mol. The van der Waals surface area contributed by atoms with Crippen LogP contribution in [0.4, 0.5) is 0 Å². The van der Waals surface area contributed by atoms with Gasteiger partial charge in [0.05, 0.1) is 4.90 Å². The van der Waals surface area contributed by atoms with Gasteiger partial charge in [-0.25, -0.2) is 13.2 Å². The highest BCUT2D eigenvalue weighted by Gasteiger charge is 2.42. The van der Waals surface area contributed by atoms with Gasteiger partial charge >= 0.3 is 11.9 Å². The predicted molar refractivity (Wildman–Crippen MR) is 104 cm³/mol. The van der Waals surface area contributed by atoms with E-state index in [1.54, 1.807) is 18.4 Å². The maximum absolute atomic E-state index is 12.4. The molecule has 0 bridgehead atoms. The van der Waals surface area contributed by atoms with Crippen LogP contribution in [0, 0.1) is 0 Å². The van der Waals surface area contributed by atoms with Crippen molar-refractivity contribution in [2.24, 2.45) is 0 Å². The summed E-state index contributed by atoms with van der Waals surface area (Å²) in [4.78, 5) is 23.3. The average molecular weight is 409 g/mol. The summed E-state index contributed by atoms with van der Waals surface area (Å²) < 4.78 is 31.9. The van der Waals surface area contributed by atoms with Gasteiger partial charge in [-0.3, -0.25) is 10.1 Å². The summed E-state index contributed by atoms with van der Waals surface area (Å²) >= 11 is 1.28. The Morgan fingerprint density at radius 3 is 2.63 bits per heavy atom. The third kappa shape index (κ3) is 4.32. The lowest BCUT2D eigenvalue weighted by Crippen LogP contribution is -2.47. The summed E-state index contributed by atoms with van der Waals surface area (Å²) in [7, 11) is -3.91. The third-order valence-electron chi connectivity index (χ3n) is 4.44. The van der Waals surface area contributed by atoms with Crippen molar-refractivity contribution >= 4 is 44.5 Å². The van der Waals surface area contributed by atoms with E-state index in [-0.39, 0.29) is 4.90 Å². The smallest absolute Gasteiger partial charge is 0.344 e. The fourth-order valence-electron chi connectivity index (χ4n) is 2.94. The molecule has 3 rings (SSSR count). The Labute approximate surface area is 161 Å². The third-order valence-corrected chi connectivity index (χ3v) is 7.05. The number of ether oxygens (including phenoxy) is 1. The molecule has 2 N–H and O–H groups in total. The Bertz CT molecular complexity index is 969. The van der Waals surface area contributed by atoms with Crippen molar-refractivity contribution in [2.75, 3.05) is 19.3 Å². The van der Waals surface area contributed by atoms with Gasteiger partial charge in [0, 0.05) is 0 Å². The van der Waals surface area contributed by atoms with Crippen molar-refractivity contribution in [3.63, 3.8) is 0 Å². The van der Waals surface area contributed by atoms with E-state index in [2.05, 4.69) is 10.0 Å². The van der Waals surface area contributed by atoms with Gasteiger partial charge in [-0.05, 0) is 48.5 Å². The molecule has 1 saturated heterocycles. The number of fused-ring (bicyclic) bond motifs is 1. The highest BCUT2D eigenvalue weighted by molar-refractivity contribution is 8.00. The van der Waals surface area contributed by atoms with Crippen molar-refractivity contribution in [1.82, 2.24) is 10.0 Å². The predicted octanol–water partition coefficient (Wildman–Crippen LogP) is 1.63. The van der Waals surface area contributed by atoms with Crippen molar-refractivity contribution in [1.29, 1.82) is 0 Å². The average Bonchev–Trinajstić information content (AvgIpc) is 3.16. The molecule has 0 spiro atoms. The van der Waals surface area contributed by atoms with Crippen molar-refractivity contribution < 1.29 is 22.7 Å². The van der Waals surface area contributed by atoms with Crippen LogP contribution in [0.25, 0.3) is 10.8 Å². The molecular weight excluding hydrogens is 388 g/mol. The van der Waals surface area contributed by atoms with Gasteiger partial charge in [0.1, 0.15) is 6.54 Å². The van der Waals surface area contributed by atoms with Crippen LogP contribution in [0.5, 0.6) is 0 Å². The zero-order chi connectivity index (χ0) is 19.5. The SMILES string of the molecule is CS[C@@]1(C(=O)OC(=O)CNS(=O)(=O)c2ccc3ccccc3c2)CCCN1. The molecule has 144 valence electrons. The second kappa shape index (κ2) is 7.97. The topological polar surface area (TPSA) is 102 Å². The van der Waals surface area contributed by atoms with E-state index >= 15 is 0 Å².